The van der Waals surface area contributed by atoms with Crippen molar-refractivity contribution in [2.45, 2.75) is 19.4 Å². The smallest absolute Gasteiger partial charge is 0.286 e. The zero-order valence-electron chi connectivity index (χ0n) is 19.0. The predicted molar refractivity (Wildman–Crippen MR) is 130 cm³/mol. The number of methoxy groups -OCH3 is 1. The molecule has 3 aromatic rings. The summed E-state index contributed by atoms with van der Waals surface area (Å²) in [5, 5.41) is 16.5. The van der Waals surface area contributed by atoms with E-state index >= 15 is 0 Å². The molecule has 11 heteroatoms. The fourth-order valence-electron chi connectivity index (χ4n) is 3.92. The first-order valence-electron chi connectivity index (χ1n) is 11.0. The number of nitro benzene ring substituents is 1. The molecule has 182 valence electrons. The van der Waals surface area contributed by atoms with Crippen molar-refractivity contribution in [3.05, 3.63) is 74.7 Å². The Morgan fingerprint density at radius 2 is 2.06 bits per heavy atom. The summed E-state index contributed by atoms with van der Waals surface area (Å²) in [5.41, 5.74) is 2.51. The first-order chi connectivity index (χ1) is 17.0. The van der Waals surface area contributed by atoms with Crippen LogP contribution in [0, 0.1) is 16.0 Å². The average molecular weight is 497 g/mol. The van der Waals surface area contributed by atoms with Crippen LogP contribution in [0.4, 0.5) is 11.4 Å². The Morgan fingerprint density at radius 3 is 2.74 bits per heavy atom. The van der Waals surface area contributed by atoms with Crippen molar-refractivity contribution in [2.75, 3.05) is 25.5 Å². The summed E-state index contributed by atoms with van der Waals surface area (Å²) in [4.78, 5) is 42.9. The van der Waals surface area contributed by atoms with Crippen LogP contribution in [0.15, 0.2) is 53.4 Å². The van der Waals surface area contributed by atoms with Gasteiger partial charge >= 0.3 is 0 Å². The van der Waals surface area contributed by atoms with Gasteiger partial charge < -0.3 is 19.7 Å². The van der Waals surface area contributed by atoms with Crippen molar-refractivity contribution in [1.29, 1.82) is 0 Å². The van der Waals surface area contributed by atoms with Crippen molar-refractivity contribution < 1.29 is 24.0 Å². The summed E-state index contributed by atoms with van der Waals surface area (Å²) < 4.78 is 11.0. The Kier molecular flexibility index (Phi) is 7.56. The van der Waals surface area contributed by atoms with Gasteiger partial charge in [0.05, 0.1) is 35.2 Å². The quantitative estimate of drug-likeness (QED) is 0.367. The number of anilines is 1. The third-order valence-corrected chi connectivity index (χ3v) is 6.32. The van der Waals surface area contributed by atoms with Gasteiger partial charge in [0.2, 0.25) is 5.91 Å². The third-order valence-electron chi connectivity index (χ3n) is 5.69. The number of ether oxygens (including phenoxy) is 2. The molecule has 1 unspecified atom stereocenters. The number of nitrogens with one attached hydrogen (secondary N) is 1. The van der Waals surface area contributed by atoms with E-state index in [1.807, 2.05) is 18.2 Å². The van der Waals surface area contributed by atoms with Crippen molar-refractivity contribution >= 4 is 34.5 Å². The van der Waals surface area contributed by atoms with Gasteiger partial charge in [-0.2, -0.15) is 0 Å². The number of likely N-dealkylation sites (tertiary alicyclic amines) is 1. The van der Waals surface area contributed by atoms with Crippen molar-refractivity contribution in [2.24, 2.45) is 5.92 Å². The molecule has 35 heavy (non-hydrogen) atoms. The van der Waals surface area contributed by atoms with Gasteiger partial charge in [-0.1, -0.05) is 18.2 Å². The van der Waals surface area contributed by atoms with Crippen LogP contribution in [0.1, 0.15) is 28.9 Å². The second kappa shape index (κ2) is 11.0. The number of rotatable bonds is 8. The largest absolute Gasteiger partial charge is 0.493 e. The lowest BCUT2D eigenvalue weighted by atomic mass is 9.96. The molecule has 0 saturated carbocycles. The summed E-state index contributed by atoms with van der Waals surface area (Å²) in [6, 6.07) is 11.6. The minimum absolute atomic E-state index is 0.106. The number of carbonyl (C=O) groups excluding carboxylic acids is 2. The van der Waals surface area contributed by atoms with E-state index in [-0.39, 0.29) is 41.8 Å². The minimum atomic E-state index is -0.619. The fraction of sp³-hybridized carbons (Fsp3) is 0.292. The molecule has 0 radical (unpaired) electrons. The maximum Gasteiger partial charge on any atom is 0.286 e. The van der Waals surface area contributed by atoms with Gasteiger partial charge in [-0.15, -0.1) is 11.3 Å². The van der Waals surface area contributed by atoms with Gasteiger partial charge in [0.25, 0.3) is 11.6 Å². The minimum Gasteiger partial charge on any atom is -0.493 e. The maximum atomic E-state index is 13.4. The van der Waals surface area contributed by atoms with E-state index in [1.165, 1.54) is 35.5 Å². The van der Waals surface area contributed by atoms with E-state index in [2.05, 4.69) is 10.3 Å². The highest BCUT2D eigenvalue weighted by molar-refractivity contribution is 7.07. The average Bonchev–Trinajstić information content (AvgIpc) is 3.41. The Bertz CT molecular complexity index is 1200. The molecule has 1 aromatic heterocycles. The van der Waals surface area contributed by atoms with Crippen LogP contribution >= 0.6 is 11.3 Å². The van der Waals surface area contributed by atoms with Gasteiger partial charge in [-0.25, -0.2) is 4.98 Å². The number of para-hydroxylation sites is 1. The van der Waals surface area contributed by atoms with Crippen molar-refractivity contribution in [3.8, 4) is 11.5 Å². The highest BCUT2D eigenvalue weighted by atomic mass is 32.1. The number of nitrogens with zero attached hydrogens (tertiary/aromatic N) is 3. The molecular weight excluding hydrogens is 472 g/mol. The van der Waals surface area contributed by atoms with E-state index in [4.69, 9.17) is 9.47 Å². The number of thiazole rings is 1. The Labute approximate surface area is 205 Å². The highest BCUT2D eigenvalue weighted by Crippen LogP contribution is 2.36. The van der Waals surface area contributed by atoms with Crippen LogP contribution in [0.2, 0.25) is 0 Å². The van der Waals surface area contributed by atoms with Crippen LogP contribution in [0.5, 0.6) is 11.5 Å². The number of hydrogen-bond acceptors (Lipinski definition) is 8. The number of benzene rings is 2. The van der Waals surface area contributed by atoms with Crippen LogP contribution in [-0.2, 0) is 11.4 Å². The second-order valence-corrected chi connectivity index (χ2v) is 8.71. The van der Waals surface area contributed by atoms with Gasteiger partial charge in [0.1, 0.15) is 12.2 Å². The van der Waals surface area contributed by atoms with E-state index in [9.17, 15) is 19.7 Å². The molecule has 4 rings (SSSR count). The predicted octanol–water partition coefficient (Wildman–Crippen LogP) is 4.13. The SMILES string of the molecule is COc1cc(C(=O)N2CCCC(C(=O)Nc3ccccc3)C2)c([N+](=O)[O-])cc1OCc1cscn1. The summed E-state index contributed by atoms with van der Waals surface area (Å²) >= 11 is 1.41. The Morgan fingerprint density at radius 1 is 1.26 bits per heavy atom. The summed E-state index contributed by atoms with van der Waals surface area (Å²) in [6.45, 7) is 0.670. The number of hydrogen-bond donors (Lipinski definition) is 1. The topological polar surface area (TPSA) is 124 Å². The first kappa shape index (κ1) is 24.1. The van der Waals surface area contributed by atoms with Crippen LogP contribution in [-0.4, -0.2) is 46.8 Å². The van der Waals surface area contributed by atoms with Gasteiger partial charge in [0.15, 0.2) is 11.5 Å². The molecule has 1 saturated heterocycles. The van der Waals surface area contributed by atoms with Crippen LogP contribution < -0.4 is 14.8 Å². The van der Waals surface area contributed by atoms with E-state index in [1.54, 1.807) is 23.0 Å². The molecule has 2 amide bonds. The van der Waals surface area contributed by atoms with E-state index in [0.717, 1.165) is 0 Å². The molecule has 2 heterocycles. The van der Waals surface area contributed by atoms with Gasteiger partial charge in [-0.3, -0.25) is 19.7 Å². The monoisotopic (exact) mass is 496 g/mol. The second-order valence-electron chi connectivity index (χ2n) is 7.99. The molecule has 1 aliphatic heterocycles. The molecule has 1 N–H and O–H groups in total. The van der Waals surface area contributed by atoms with E-state index < -0.39 is 16.7 Å². The number of carbonyl (C=O) groups is 2. The highest BCUT2D eigenvalue weighted by Gasteiger charge is 2.33. The number of nitro groups is 1. The van der Waals surface area contributed by atoms with Crippen molar-refractivity contribution in [3.63, 3.8) is 0 Å². The van der Waals surface area contributed by atoms with Gasteiger partial charge in [-0.05, 0) is 25.0 Å². The van der Waals surface area contributed by atoms with Crippen LogP contribution in [0.25, 0.3) is 0 Å². The molecule has 2 aromatic carbocycles. The maximum absolute atomic E-state index is 13.4. The Hall–Kier alpha value is -3.99. The lowest BCUT2D eigenvalue weighted by Crippen LogP contribution is -2.44. The lowest BCUT2D eigenvalue weighted by Gasteiger charge is -2.32. The number of aromatic nitrogens is 1. The standard InChI is InChI=1S/C24H24N4O6S/c1-33-21-10-19(20(28(31)32)11-22(21)34-13-18-14-35-15-25-18)24(30)27-9-5-6-16(12-27)23(29)26-17-7-3-2-4-8-17/h2-4,7-8,10-11,14-16H,5-6,9,12-13H2,1H3,(H,26,29). The third kappa shape index (κ3) is 5.75. The number of amides is 2. The van der Waals surface area contributed by atoms with Crippen molar-refractivity contribution in [1.82, 2.24) is 9.88 Å². The lowest BCUT2D eigenvalue weighted by molar-refractivity contribution is -0.385. The molecule has 0 spiro atoms. The molecule has 0 aliphatic carbocycles. The molecule has 1 atom stereocenters. The normalized spacial score (nSPS) is 15.3. The van der Waals surface area contributed by atoms with E-state index in [0.29, 0.717) is 30.8 Å². The Balaban J connectivity index is 1.53. The molecule has 1 fully saturated rings. The number of piperidine rings is 1. The summed E-state index contributed by atoms with van der Waals surface area (Å²) in [6.07, 6.45) is 1.23. The van der Waals surface area contributed by atoms with Crippen LogP contribution in [0.3, 0.4) is 0 Å². The molecule has 0 bridgehead atoms. The zero-order valence-corrected chi connectivity index (χ0v) is 19.8. The van der Waals surface area contributed by atoms with Gasteiger partial charge in [0, 0.05) is 30.2 Å². The molecular formula is C24H24N4O6S. The first-order valence-corrected chi connectivity index (χ1v) is 11.9. The zero-order chi connectivity index (χ0) is 24.8. The fourth-order valence-corrected chi connectivity index (χ4v) is 4.46. The molecule has 1 aliphatic rings. The molecule has 10 nitrogen and oxygen atoms in total. The summed E-state index contributed by atoms with van der Waals surface area (Å²) in [7, 11) is 1.40. The summed E-state index contributed by atoms with van der Waals surface area (Å²) in [5.74, 6) is -0.800.